The SMILES string of the molecule is C[Si](C)(C)C(c1ccccc1)([Si](C)(C)C)P(=O)(O)O. The lowest BCUT2D eigenvalue weighted by atomic mass is 10.2. The van der Waals surface area contributed by atoms with E-state index in [0.29, 0.717) is 0 Å². The van der Waals surface area contributed by atoms with Crippen molar-refractivity contribution >= 4 is 23.7 Å². The number of hydrogen-bond acceptors (Lipinski definition) is 1. The van der Waals surface area contributed by atoms with Gasteiger partial charge in [0.25, 0.3) is 0 Å². The van der Waals surface area contributed by atoms with Gasteiger partial charge in [-0.3, -0.25) is 4.57 Å². The molecular formula is C13H25O3PSi2. The largest absolute Gasteiger partial charge is 0.330 e. The summed E-state index contributed by atoms with van der Waals surface area (Å²) in [6.45, 7) is 12.4. The first kappa shape index (κ1) is 16.9. The maximum Gasteiger partial charge on any atom is 0.330 e. The van der Waals surface area contributed by atoms with Crippen molar-refractivity contribution in [3.63, 3.8) is 0 Å². The molecule has 0 saturated heterocycles. The molecule has 0 aliphatic rings. The van der Waals surface area contributed by atoms with Crippen molar-refractivity contribution in [2.24, 2.45) is 0 Å². The van der Waals surface area contributed by atoms with E-state index in [1.165, 1.54) is 0 Å². The lowest BCUT2D eigenvalue weighted by Crippen LogP contribution is -2.63. The van der Waals surface area contributed by atoms with Crippen LogP contribution in [0.15, 0.2) is 30.3 Å². The van der Waals surface area contributed by atoms with Crippen molar-refractivity contribution in [3.05, 3.63) is 35.9 Å². The van der Waals surface area contributed by atoms with Gasteiger partial charge in [-0.15, -0.1) is 0 Å². The average molecular weight is 316 g/mol. The minimum atomic E-state index is -4.25. The fourth-order valence-corrected chi connectivity index (χ4v) is 22.3. The molecule has 0 amide bonds. The van der Waals surface area contributed by atoms with Gasteiger partial charge in [0, 0.05) is 0 Å². The Balaban J connectivity index is 3.81. The lowest BCUT2D eigenvalue weighted by molar-refractivity contribution is 0.361. The molecule has 0 fully saturated rings. The predicted octanol–water partition coefficient (Wildman–Crippen LogP) is 3.81. The van der Waals surface area contributed by atoms with Crippen LogP contribution in [0.4, 0.5) is 0 Å². The van der Waals surface area contributed by atoms with Crippen molar-refractivity contribution in [3.8, 4) is 0 Å². The van der Waals surface area contributed by atoms with Gasteiger partial charge in [-0.05, 0) is 5.56 Å². The summed E-state index contributed by atoms with van der Waals surface area (Å²) in [4.78, 5) is 20.5. The first-order valence-corrected chi connectivity index (χ1v) is 15.1. The van der Waals surface area contributed by atoms with Crippen molar-refractivity contribution in [2.45, 2.75) is 43.7 Å². The van der Waals surface area contributed by atoms with Crippen molar-refractivity contribution in [1.29, 1.82) is 0 Å². The highest BCUT2D eigenvalue weighted by Crippen LogP contribution is 2.65. The molecule has 0 atom stereocenters. The quantitative estimate of drug-likeness (QED) is 0.656. The second-order valence-electron chi connectivity index (χ2n) is 7.12. The van der Waals surface area contributed by atoms with Gasteiger partial charge in [0.1, 0.15) is 0 Å². The van der Waals surface area contributed by atoms with Gasteiger partial charge in [-0.2, -0.15) is 0 Å². The van der Waals surface area contributed by atoms with Gasteiger partial charge in [-0.25, -0.2) is 0 Å². The van der Waals surface area contributed by atoms with Crippen LogP contribution in [0.1, 0.15) is 5.56 Å². The molecule has 0 spiro atoms. The Bertz CT molecular complexity index is 469. The zero-order valence-electron chi connectivity index (χ0n) is 12.6. The lowest BCUT2D eigenvalue weighted by Gasteiger charge is -2.51. The molecule has 0 bridgehead atoms. The van der Waals surface area contributed by atoms with Crippen molar-refractivity contribution in [2.75, 3.05) is 0 Å². The molecule has 108 valence electrons. The maximum absolute atomic E-state index is 12.5. The topological polar surface area (TPSA) is 57.5 Å². The highest BCUT2D eigenvalue weighted by Gasteiger charge is 2.64. The Morgan fingerprint density at radius 1 is 0.895 bits per heavy atom. The van der Waals surface area contributed by atoms with Gasteiger partial charge in [0.15, 0.2) is 0 Å². The smallest absolute Gasteiger partial charge is 0.324 e. The molecule has 19 heavy (non-hydrogen) atoms. The molecule has 1 aromatic carbocycles. The van der Waals surface area contributed by atoms with Gasteiger partial charge < -0.3 is 9.79 Å². The third kappa shape index (κ3) is 2.67. The van der Waals surface area contributed by atoms with Crippen LogP contribution < -0.4 is 0 Å². The average Bonchev–Trinajstić information content (AvgIpc) is 2.12. The molecule has 6 heteroatoms. The molecule has 2 N–H and O–H groups in total. The van der Waals surface area contributed by atoms with Crippen LogP contribution in [-0.2, 0) is 8.97 Å². The minimum Gasteiger partial charge on any atom is -0.324 e. The third-order valence-electron chi connectivity index (χ3n) is 3.80. The van der Waals surface area contributed by atoms with E-state index in [2.05, 4.69) is 39.3 Å². The standard InChI is InChI=1S/C13H25O3PSi2/c1-18(2,3)13(17(14,15)16,19(4,5)6)12-10-8-7-9-11-12/h7-11H,1-6H3,(H2,14,15,16). The van der Waals surface area contributed by atoms with Crippen LogP contribution in [0.5, 0.6) is 0 Å². The van der Waals surface area contributed by atoms with Gasteiger partial charge in [0.05, 0.1) is 20.6 Å². The number of benzene rings is 1. The van der Waals surface area contributed by atoms with E-state index in [1.54, 1.807) is 0 Å². The predicted molar refractivity (Wildman–Crippen MR) is 86.9 cm³/mol. The van der Waals surface area contributed by atoms with Crippen LogP contribution in [0.2, 0.25) is 39.3 Å². The summed E-state index contributed by atoms with van der Waals surface area (Å²) in [6, 6.07) is 9.41. The molecular weight excluding hydrogens is 291 g/mol. The van der Waals surface area contributed by atoms with E-state index < -0.39 is 28.1 Å². The monoisotopic (exact) mass is 316 g/mol. The fourth-order valence-electron chi connectivity index (χ4n) is 3.71. The minimum absolute atomic E-state index is 0.821. The number of rotatable bonds is 4. The fraction of sp³-hybridized carbons (Fsp3) is 0.538. The first-order chi connectivity index (χ1) is 8.36. The molecule has 0 radical (unpaired) electrons. The molecule has 1 rings (SSSR count). The van der Waals surface area contributed by atoms with Gasteiger partial charge in [-0.1, -0.05) is 69.6 Å². The summed E-state index contributed by atoms with van der Waals surface area (Å²) >= 11 is 0. The Morgan fingerprint density at radius 3 is 1.53 bits per heavy atom. The molecule has 0 aromatic heterocycles. The summed E-state index contributed by atoms with van der Waals surface area (Å²) in [5.41, 5.74) is 0.821. The van der Waals surface area contributed by atoms with E-state index >= 15 is 0 Å². The molecule has 0 saturated carbocycles. The molecule has 0 aliphatic carbocycles. The molecule has 0 unspecified atom stereocenters. The van der Waals surface area contributed by atoms with Crippen LogP contribution in [0.25, 0.3) is 0 Å². The van der Waals surface area contributed by atoms with E-state index in [-0.39, 0.29) is 0 Å². The van der Waals surface area contributed by atoms with E-state index in [9.17, 15) is 14.4 Å². The Morgan fingerprint density at radius 2 is 1.26 bits per heavy atom. The first-order valence-electron chi connectivity index (χ1n) is 6.47. The molecule has 0 heterocycles. The Kier molecular flexibility index (Phi) is 4.41. The second-order valence-corrected chi connectivity index (χ2v) is 20.7. The highest BCUT2D eigenvalue weighted by molar-refractivity contribution is 7.61. The summed E-state index contributed by atoms with van der Waals surface area (Å²) < 4.78 is 11.6. The molecule has 1 aromatic rings. The number of hydrogen-bond donors (Lipinski definition) is 2. The summed E-state index contributed by atoms with van der Waals surface area (Å²) in [6.07, 6.45) is 0. The van der Waals surface area contributed by atoms with E-state index in [1.807, 2.05) is 30.3 Å². The zero-order chi connectivity index (χ0) is 15.1. The van der Waals surface area contributed by atoms with Crippen molar-refractivity contribution < 1.29 is 14.4 Å². The summed E-state index contributed by atoms with van der Waals surface area (Å²) in [7, 11) is -8.55. The Hall–Kier alpha value is -0.196. The summed E-state index contributed by atoms with van der Waals surface area (Å²) in [5, 5.41) is 0. The zero-order valence-corrected chi connectivity index (χ0v) is 15.5. The van der Waals surface area contributed by atoms with Gasteiger partial charge in [0.2, 0.25) is 0 Å². The third-order valence-corrected chi connectivity index (χ3v) is 20.1. The normalized spacial score (nSPS) is 14.5. The Labute approximate surface area is 118 Å². The van der Waals surface area contributed by atoms with Gasteiger partial charge >= 0.3 is 7.60 Å². The maximum atomic E-state index is 12.5. The summed E-state index contributed by atoms with van der Waals surface area (Å²) in [5.74, 6) is 0. The van der Waals surface area contributed by atoms with Crippen LogP contribution >= 0.6 is 7.60 Å². The molecule has 3 nitrogen and oxygen atoms in total. The van der Waals surface area contributed by atoms with E-state index in [0.717, 1.165) is 5.56 Å². The highest BCUT2D eigenvalue weighted by atomic mass is 31.2. The van der Waals surface area contributed by atoms with Crippen molar-refractivity contribution in [1.82, 2.24) is 0 Å². The van der Waals surface area contributed by atoms with E-state index in [4.69, 9.17) is 0 Å². The van der Waals surface area contributed by atoms with Crippen LogP contribution in [0, 0.1) is 0 Å². The van der Waals surface area contributed by atoms with Crippen LogP contribution in [0.3, 0.4) is 0 Å². The van der Waals surface area contributed by atoms with Crippen LogP contribution in [-0.4, -0.2) is 25.9 Å². The molecule has 0 aliphatic heterocycles. The second kappa shape index (κ2) is 4.97.